The summed E-state index contributed by atoms with van der Waals surface area (Å²) in [6.07, 6.45) is 4.21. The van der Waals surface area contributed by atoms with Gasteiger partial charge in [0.25, 0.3) is 0 Å². The summed E-state index contributed by atoms with van der Waals surface area (Å²) >= 11 is 0. The number of aryl methyl sites for hydroxylation is 1. The van der Waals surface area contributed by atoms with Crippen molar-refractivity contribution in [1.29, 1.82) is 0 Å². The summed E-state index contributed by atoms with van der Waals surface area (Å²) in [6, 6.07) is 2.33. The first kappa shape index (κ1) is 16.6. The van der Waals surface area contributed by atoms with Crippen LogP contribution in [0.1, 0.15) is 50.1 Å². The van der Waals surface area contributed by atoms with Crippen molar-refractivity contribution >= 4 is 0 Å². The topological polar surface area (TPSA) is 20.2 Å². The highest BCUT2D eigenvalue weighted by Crippen LogP contribution is 2.15. The molecule has 0 bridgehead atoms. The van der Waals surface area contributed by atoms with Gasteiger partial charge in [0.2, 0.25) is 0 Å². The number of piperidine rings is 1. The van der Waals surface area contributed by atoms with E-state index in [0.29, 0.717) is 0 Å². The molecule has 1 aliphatic rings. The minimum absolute atomic E-state index is 0.734. The van der Waals surface area contributed by atoms with Crippen molar-refractivity contribution in [3.8, 4) is 0 Å². The van der Waals surface area contributed by atoms with Crippen LogP contribution in [0.4, 0.5) is 0 Å². The lowest BCUT2D eigenvalue weighted by Crippen LogP contribution is -2.36. The lowest BCUT2D eigenvalue weighted by molar-refractivity contribution is 0.199. The van der Waals surface area contributed by atoms with Gasteiger partial charge in [-0.15, -0.1) is 0 Å². The number of nitrogens with zero attached hydrogens (tertiary/aromatic N) is 2. The Morgan fingerprint density at radius 3 is 2.52 bits per heavy atom. The van der Waals surface area contributed by atoms with Crippen LogP contribution in [-0.2, 0) is 13.1 Å². The van der Waals surface area contributed by atoms with Gasteiger partial charge in [-0.2, -0.15) is 0 Å². The van der Waals surface area contributed by atoms with Crippen LogP contribution < -0.4 is 5.32 Å². The molecule has 1 aliphatic heterocycles. The molecule has 3 nitrogen and oxygen atoms in total. The third-order valence-corrected chi connectivity index (χ3v) is 4.82. The second-order valence-corrected chi connectivity index (χ2v) is 6.74. The highest BCUT2D eigenvalue weighted by Gasteiger charge is 2.13. The van der Waals surface area contributed by atoms with Gasteiger partial charge in [0.15, 0.2) is 0 Å². The van der Waals surface area contributed by atoms with Gasteiger partial charge in [-0.05, 0) is 70.8 Å². The maximum absolute atomic E-state index is 3.66. The van der Waals surface area contributed by atoms with Crippen molar-refractivity contribution in [3.63, 3.8) is 0 Å². The number of hydrogen-bond donors (Lipinski definition) is 1. The smallest absolute Gasteiger partial charge is 0.0223 e. The first-order valence-electron chi connectivity index (χ1n) is 8.70. The molecule has 3 heteroatoms. The van der Waals surface area contributed by atoms with Crippen LogP contribution in [-0.4, -0.2) is 35.6 Å². The van der Waals surface area contributed by atoms with Gasteiger partial charge in [-0.1, -0.05) is 13.3 Å². The molecule has 1 saturated heterocycles. The van der Waals surface area contributed by atoms with E-state index >= 15 is 0 Å². The third-order valence-electron chi connectivity index (χ3n) is 4.82. The largest absolute Gasteiger partial charge is 0.349 e. The summed E-state index contributed by atoms with van der Waals surface area (Å²) < 4.78 is 2.40. The predicted molar refractivity (Wildman–Crippen MR) is 90.7 cm³/mol. The first-order chi connectivity index (χ1) is 10.1. The molecule has 0 aliphatic carbocycles. The van der Waals surface area contributed by atoms with Crippen LogP contribution in [0.3, 0.4) is 0 Å². The molecule has 0 saturated carbocycles. The maximum Gasteiger partial charge on any atom is 0.0223 e. The highest BCUT2D eigenvalue weighted by atomic mass is 15.1. The van der Waals surface area contributed by atoms with Crippen molar-refractivity contribution in [1.82, 2.24) is 14.8 Å². The zero-order valence-corrected chi connectivity index (χ0v) is 14.4. The van der Waals surface area contributed by atoms with Crippen molar-refractivity contribution in [2.24, 2.45) is 5.92 Å². The van der Waals surface area contributed by atoms with E-state index in [1.54, 1.807) is 0 Å². The number of rotatable bonds is 7. The summed E-state index contributed by atoms with van der Waals surface area (Å²) in [7, 11) is 0. The van der Waals surface area contributed by atoms with Gasteiger partial charge in [-0.25, -0.2) is 0 Å². The molecule has 1 atom stereocenters. The molecule has 0 aromatic carbocycles. The average molecular weight is 291 g/mol. The van der Waals surface area contributed by atoms with E-state index in [2.05, 4.69) is 48.5 Å². The second-order valence-electron chi connectivity index (χ2n) is 6.74. The molecule has 120 valence electrons. The Morgan fingerprint density at radius 1 is 1.19 bits per heavy atom. The monoisotopic (exact) mass is 291 g/mol. The van der Waals surface area contributed by atoms with E-state index in [4.69, 9.17) is 0 Å². The summed E-state index contributed by atoms with van der Waals surface area (Å²) in [5.74, 6) is 0.734. The molecule has 1 aromatic rings. The predicted octanol–water partition coefficient (Wildman–Crippen LogP) is 3.34. The fourth-order valence-electron chi connectivity index (χ4n) is 3.64. The van der Waals surface area contributed by atoms with E-state index in [-0.39, 0.29) is 0 Å². The Kier molecular flexibility index (Phi) is 6.31. The zero-order chi connectivity index (χ0) is 15.2. The Labute approximate surface area is 130 Å². The molecule has 0 spiro atoms. The average Bonchev–Trinajstić information content (AvgIpc) is 2.74. The fourth-order valence-corrected chi connectivity index (χ4v) is 3.64. The number of likely N-dealkylation sites (tertiary alicyclic amines) is 1. The first-order valence-corrected chi connectivity index (χ1v) is 8.70. The van der Waals surface area contributed by atoms with Crippen LogP contribution in [0.2, 0.25) is 0 Å². The van der Waals surface area contributed by atoms with Gasteiger partial charge in [0.05, 0.1) is 0 Å². The lowest BCUT2D eigenvalue weighted by Gasteiger charge is -2.29. The standard InChI is InChI=1S/C18H33N3/c1-5-21-16(3)11-18(17(21)4)13-19-12-15(2)14-20-9-7-6-8-10-20/h11,15,19H,5-10,12-14H2,1-4H3. The molecular weight excluding hydrogens is 258 g/mol. The Balaban J connectivity index is 1.73. The number of aromatic nitrogens is 1. The van der Waals surface area contributed by atoms with E-state index in [1.165, 1.54) is 55.8 Å². The van der Waals surface area contributed by atoms with Crippen LogP contribution in [0.15, 0.2) is 6.07 Å². The van der Waals surface area contributed by atoms with Crippen molar-refractivity contribution < 1.29 is 0 Å². The van der Waals surface area contributed by atoms with E-state index < -0.39 is 0 Å². The third kappa shape index (κ3) is 4.58. The number of hydrogen-bond acceptors (Lipinski definition) is 2. The minimum atomic E-state index is 0.734. The van der Waals surface area contributed by atoms with Gasteiger partial charge in [-0.3, -0.25) is 0 Å². The molecule has 0 amide bonds. The van der Waals surface area contributed by atoms with E-state index in [9.17, 15) is 0 Å². The van der Waals surface area contributed by atoms with E-state index in [1.807, 2.05) is 0 Å². The van der Waals surface area contributed by atoms with Crippen molar-refractivity contribution in [2.75, 3.05) is 26.2 Å². The van der Waals surface area contributed by atoms with E-state index in [0.717, 1.165) is 25.6 Å². The zero-order valence-electron chi connectivity index (χ0n) is 14.4. The molecule has 1 aromatic heterocycles. The second kappa shape index (κ2) is 8.00. The summed E-state index contributed by atoms with van der Waals surface area (Å²) in [5.41, 5.74) is 4.26. The maximum atomic E-state index is 3.66. The summed E-state index contributed by atoms with van der Waals surface area (Å²) in [4.78, 5) is 2.64. The quantitative estimate of drug-likeness (QED) is 0.831. The molecule has 1 N–H and O–H groups in total. The van der Waals surface area contributed by atoms with Gasteiger partial charge < -0.3 is 14.8 Å². The molecule has 21 heavy (non-hydrogen) atoms. The molecule has 1 unspecified atom stereocenters. The lowest BCUT2D eigenvalue weighted by atomic mass is 10.1. The Morgan fingerprint density at radius 2 is 1.90 bits per heavy atom. The molecule has 1 fully saturated rings. The number of nitrogens with one attached hydrogen (secondary N) is 1. The SMILES string of the molecule is CCn1c(C)cc(CNCC(C)CN2CCCCC2)c1C. The fraction of sp³-hybridized carbons (Fsp3) is 0.778. The molecule has 2 heterocycles. The van der Waals surface area contributed by atoms with Crippen LogP contribution >= 0.6 is 0 Å². The Hall–Kier alpha value is -0.800. The molecule has 2 rings (SSSR count). The van der Waals surface area contributed by atoms with Crippen molar-refractivity contribution in [2.45, 2.75) is 60.0 Å². The van der Waals surface area contributed by atoms with Crippen LogP contribution in [0.25, 0.3) is 0 Å². The highest BCUT2D eigenvalue weighted by molar-refractivity contribution is 5.26. The van der Waals surface area contributed by atoms with Gasteiger partial charge in [0.1, 0.15) is 0 Å². The van der Waals surface area contributed by atoms with Crippen LogP contribution in [0.5, 0.6) is 0 Å². The summed E-state index contributed by atoms with van der Waals surface area (Å²) in [6.45, 7) is 16.1. The van der Waals surface area contributed by atoms with Crippen LogP contribution in [0, 0.1) is 19.8 Å². The normalized spacial score (nSPS) is 18.1. The Bertz CT molecular complexity index is 430. The van der Waals surface area contributed by atoms with Gasteiger partial charge >= 0.3 is 0 Å². The molecule has 0 radical (unpaired) electrons. The van der Waals surface area contributed by atoms with Gasteiger partial charge in [0, 0.05) is 31.0 Å². The molecular formula is C18H33N3. The summed E-state index contributed by atoms with van der Waals surface area (Å²) in [5, 5.41) is 3.66. The van der Waals surface area contributed by atoms with Crippen molar-refractivity contribution in [3.05, 3.63) is 23.0 Å². The minimum Gasteiger partial charge on any atom is -0.349 e.